The molecule has 0 aromatic rings. The summed E-state index contributed by atoms with van der Waals surface area (Å²) in [5.41, 5.74) is 0. The van der Waals surface area contributed by atoms with Crippen LogP contribution in [0.15, 0.2) is 0 Å². The minimum absolute atomic E-state index is 0.119. The van der Waals surface area contributed by atoms with Crippen molar-refractivity contribution in [3.8, 4) is 0 Å². The molecule has 0 radical (unpaired) electrons. The van der Waals surface area contributed by atoms with Crippen LogP contribution in [-0.2, 0) is 23.7 Å². The van der Waals surface area contributed by atoms with E-state index in [1.165, 1.54) is 0 Å². The fourth-order valence-electron chi connectivity index (χ4n) is 1.78. The van der Waals surface area contributed by atoms with Crippen molar-refractivity contribution in [2.75, 3.05) is 46.2 Å². The molecule has 2 rings (SSSR count). The molecule has 6 nitrogen and oxygen atoms in total. The van der Waals surface area contributed by atoms with E-state index in [9.17, 15) is 0 Å². The predicted octanol–water partition coefficient (Wildman–Crippen LogP) is 0.363. The number of epoxide rings is 2. The quantitative estimate of drug-likeness (QED) is 0.390. The number of ether oxygens (including phenoxy) is 5. The number of aliphatic hydroxyl groups is 1. The van der Waals surface area contributed by atoms with Gasteiger partial charge in [-0.2, -0.15) is 0 Å². The Morgan fingerprint density at radius 1 is 1.05 bits per heavy atom. The molecule has 0 spiro atoms. The van der Waals surface area contributed by atoms with E-state index in [-0.39, 0.29) is 12.2 Å². The summed E-state index contributed by atoms with van der Waals surface area (Å²) >= 11 is 0. The molecule has 20 heavy (non-hydrogen) atoms. The van der Waals surface area contributed by atoms with Crippen molar-refractivity contribution in [1.29, 1.82) is 0 Å². The lowest BCUT2D eigenvalue weighted by atomic mass is 10.2. The highest BCUT2D eigenvalue weighted by atomic mass is 16.6. The molecule has 0 bridgehead atoms. The smallest absolute Gasteiger partial charge is 0.104 e. The third-order valence-electron chi connectivity index (χ3n) is 3.15. The molecular formula is C14H26O6. The van der Waals surface area contributed by atoms with Gasteiger partial charge in [-0.1, -0.05) is 0 Å². The van der Waals surface area contributed by atoms with Gasteiger partial charge < -0.3 is 28.8 Å². The Kier molecular flexibility index (Phi) is 7.19. The zero-order valence-electron chi connectivity index (χ0n) is 12.2. The van der Waals surface area contributed by atoms with Gasteiger partial charge in [-0.25, -0.2) is 0 Å². The van der Waals surface area contributed by atoms with E-state index in [4.69, 9.17) is 28.8 Å². The van der Waals surface area contributed by atoms with Gasteiger partial charge in [0.2, 0.25) is 0 Å². The highest BCUT2D eigenvalue weighted by Crippen LogP contribution is 2.14. The van der Waals surface area contributed by atoms with Crippen LogP contribution in [0.4, 0.5) is 0 Å². The van der Waals surface area contributed by atoms with E-state index < -0.39 is 6.10 Å². The van der Waals surface area contributed by atoms with Gasteiger partial charge in [-0.3, -0.25) is 0 Å². The SMILES string of the molecule is CC(O)COCCC(CCOCC1CO1)OCC1CO1. The Morgan fingerprint density at radius 2 is 1.65 bits per heavy atom. The van der Waals surface area contributed by atoms with Gasteiger partial charge in [0.05, 0.1) is 45.2 Å². The Hall–Kier alpha value is -0.240. The number of rotatable bonds is 13. The minimum Gasteiger partial charge on any atom is -0.391 e. The van der Waals surface area contributed by atoms with Crippen LogP contribution in [0.2, 0.25) is 0 Å². The van der Waals surface area contributed by atoms with E-state index in [2.05, 4.69) is 0 Å². The van der Waals surface area contributed by atoms with Crippen molar-refractivity contribution < 1.29 is 28.8 Å². The molecule has 4 unspecified atom stereocenters. The molecule has 0 aliphatic carbocycles. The second kappa shape index (κ2) is 8.92. The molecular weight excluding hydrogens is 264 g/mol. The highest BCUT2D eigenvalue weighted by molar-refractivity contribution is 4.70. The lowest BCUT2D eigenvalue weighted by Gasteiger charge is -2.18. The lowest BCUT2D eigenvalue weighted by Crippen LogP contribution is -2.22. The average molecular weight is 290 g/mol. The summed E-state index contributed by atoms with van der Waals surface area (Å²) in [6.07, 6.45) is 1.94. The Labute approximate surface area is 120 Å². The number of aliphatic hydroxyl groups excluding tert-OH is 1. The maximum Gasteiger partial charge on any atom is 0.104 e. The summed E-state index contributed by atoms with van der Waals surface area (Å²) < 4.78 is 27.0. The van der Waals surface area contributed by atoms with E-state index >= 15 is 0 Å². The average Bonchev–Trinajstić information content (AvgIpc) is 3.28. The van der Waals surface area contributed by atoms with Gasteiger partial charge in [0, 0.05) is 13.2 Å². The fourth-order valence-corrected chi connectivity index (χ4v) is 1.78. The topological polar surface area (TPSA) is 73.0 Å². The van der Waals surface area contributed by atoms with Crippen LogP contribution in [-0.4, -0.2) is 75.8 Å². The molecule has 2 heterocycles. The molecule has 2 saturated heterocycles. The maximum atomic E-state index is 9.13. The molecule has 2 aliphatic rings. The highest BCUT2D eigenvalue weighted by Gasteiger charge is 2.25. The standard InChI is InChI=1S/C14H26O6/c1-11(15)6-16-4-2-12(18-9-14-10-20-14)3-5-17-7-13-8-19-13/h11-15H,2-10H2,1H3. The summed E-state index contributed by atoms with van der Waals surface area (Å²) in [6, 6.07) is 0. The van der Waals surface area contributed by atoms with E-state index in [0.29, 0.717) is 39.1 Å². The first-order valence-corrected chi connectivity index (χ1v) is 7.42. The molecule has 0 saturated carbocycles. The maximum absolute atomic E-state index is 9.13. The Morgan fingerprint density at radius 3 is 2.25 bits per heavy atom. The molecule has 0 aromatic heterocycles. The second-order valence-electron chi connectivity index (χ2n) is 5.44. The summed E-state index contributed by atoms with van der Waals surface area (Å²) in [4.78, 5) is 0. The van der Waals surface area contributed by atoms with Crippen molar-refractivity contribution in [3.63, 3.8) is 0 Å². The van der Waals surface area contributed by atoms with Crippen molar-refractivity contribution in [2.24, 2.45) is 0 Å². The Bertz CT molecular complexity index is 242. The van der Waals surface area contributed by atoms with Crippen molar-refractivity contribution >= 4 is 0 Å². The molecule has 6 heteroatoms. The normalized spacial score (nSPS) is 27.3. The third kappa shape index (κ3) is 8.14. The van der Waals surface area contributed by atoms with Crippen molar-refractivity contribution in [3.05, 3.63) is 0 Å². The van der Waals surface area contributed by atoms with Gasteiger partial charge in [0.15, 0.2) is 0 Å². The van der Waals surface area contributed by atoms with Gasteiger partial charge in [-0.05, 0) is 19.8 Å². The molecule has 0 amide bonds. The zero-order valence-corrected chi connectivity index (χ0v) is 12.2. The zero-order chi connectivity index (χ0) is 14.2. The first-order chi connectivity index (χ1) is 9.74. The van der Waals surface area contributed by atoms with Crippen LogP contribution in [0.1, 0.15) is 19.8 Å². The molecule has 2 fully saturated rings. The first kappa shape index (κ1) is 16.1. The van der Waals surface area contributed by atoms with E-state index in [1.807, 2.05) is 0 Å². The van der Waals surface area contributed by atoms with Crippen LogP contribution >= 0.6 is 0 Å². The van der Waals surface area contributed by atoms with Gasteiger partial charge in [0.25, 0.3) is 0 Å². The van der Waals surface area contributed by atoms with Gasteiger partial charge >= 0.3 is 0 Å². The van der Waals surface area contributed by atoms with Crippen LogP contribution in [0.25, 0.3) is 0 Å². The van der Waals surface area contributed by atoms with E-state index in [1.54, 1.807) is 6.92 Å². The Balaban J connectivity index is 1.52. The summed E-state index contributed by atoms with van der Waals surface area (Å²) in [5.74, 6) is 0. The van der Waals surface area contributed by atoms with Crippen LogP contribution in [0.3, 0.4) is 0 Å². The molecule has 118 valence electrons. The molecule has 0 aromatic carbocycles. The second-order valence-corrected chi connectivity index (χ2v) is 5.44. The molecule has 2 aliphatic heterocycles. The van der Waals surface area contributed by atoms with Crippen molar-refractivity contribution in [2.45, 2.75) is 44.2 Å². The minimum atomic E-state index is -0.420. The predicted molar refractivity (Wildman–Crippen MR) is 71.8 cm³/mol. The molecule has 4 atom stereocenters. The van der Waals surface area contributed by atoms with Gasteiger partial charge in [-0.15, -0.1) is 0 Å². The monoisotopic (exact) mass is 290 g/mol. The van der Waals surface area contributed by atoms with Crippen LogP contribution in [0, 0.1) is 0 Å². The summed E-state index contributed by atoms with van der Waals surface area (Å²) in [6.45, 7) is 6.30. The van der Waals surface area contributed by atoms with Crippen molar-refractivity contribution in [1.82, 2.24) is 0 Å². The van der Waals surface area contributed by atoms with Gasteiger partial charge in [0.1, 0.15) is 12.2 Å². The summed E-state index contributed by atoms with van der Waals surface area (Å²) in [7, 11) is 0. The summed E-state index contributed by atoms with van der Waals surface area (Å²) in [5, 5.41) is 9.13. The molecule has 1 N–H and O–H groups in total. The lowest BCUT2D eigenvalue weighted by molar-refractivity contribution is -0.0173. The first-order valence-electron chi connectivity index (χ1n) is 7.42. The van der Waals surface area contributed by atoms with Crippen LogP contribution < -0.4 is 0 Å². The van der Waals surface area contributed by atoms with E-state index in [0.717, 1.165) is 26.1 Å². The van der Waals surface area contributed by atoms with Crippen LogP contribution in [0.5, 0.6) is 0 Å². The largest absolute Gasteiger partial charge is 0.391 e. The number of hydrogen-bond acceptors (Lipinski definition) is 6. The third-order valence-corrected chi connectivity index (χ3v) is 3.15. The fraction of sp³-hybridized carbons (Fsp3) is 1.00. The number of hydrogen-bond donors (Lipinski definition) is 1.